The minimum atomic E-state index is 0.701. The van der Waals surface area contributed by atoms with Gasteiger partial charge in [0.15, 0.2) is 0 Å². The minimum Gasteiger partial charge on any atom is -0.366 e. The second-order valence-corrected chi connectivity index (χ2v) is 5.12. The SMILES string of the molecule is Cc1nn(C)cc1CNc1cc(C2CC2)nn1C. The first-order valence-electron chi connectivity index (χ1n) is 6.40. The fraction of sp³-hybridized carbons (Fsp3) is 0.538. The molecule has 5 heteroatoms. The summed E-state index contributed by atoms with van der Waals surface area (Å²) in [6.07, 6.45) is 4.64. The van der Waals surface area contributed by atoms with E-state index in [2.05, 4.69) is 27.8 Å². The highest BCUT2D eigenvalue weighted by atomic mass is 15.3. The van der Waals surface area contributed by atoms with Gasteiger partial charge in [-0.3, -0.25) is 9.36 Å². The van der Waals surface area contributed by atoms with E-state index < -0.39 is 0 Å². The third-order valence-corrected chi connectivity index (χ3v) is 3.47. The first kappa shape index (κ1) is 11.3. The molecule has 2 aromatic rings. The molecule has 2 aromatic heterocycles. The molecule has 0 bridgehead atoms. The van der Waals surface area contributed by atoms with Gasteiger partial charge in [-0.2, -0.15) is 10.2 Å². The molecule has 0 saturated heterocycles. The van der Waals surface area contributed by atoms with Crippen molar-refractivity contribution >= 4 is 5.82 Å². The Labute approximate surface area is 107 Å². The molecule has 0 aromatic carbocycles. The van der Waals surface area contributed by atoms with Gasteiger partial charge in [0, 0.05) is 44.4 Å². The molecule has 3 rings (SSSR count). The van der Waals surface area contributed by atoms with Crippen LogP contribution in [0.5, 0.6) is 0 Å². The number of hydrogen-bond acceptors (Lipinski definition) is 3. The second-order valence-electron chi connectivity index (χ2n) is 5.12. The summed E-state index contributed by atoms with van der Waals surface area (Å²) >= 11 is 0. The summed E-state index contributed by atoms with van der Waals surface area (Å²) in [6, 6.07) is 2.17. The topological polar surface area (TPSA) is 47.7 Å². The number of nitrogens with zero attached hydrogens (tertiary/aromatic N) is 4. The van der Waals surface area contributed by atoms with Crippen LogP contribution in [0, 0.1) is 6.92 Å². The van der Waals surface area contributed by atoms with Crippen molar-refractivity contribution in [3.63, 3.8) is 0 Å². The van der Waals surface area contributed by atoms with Crippen LogP contribution in [-0.2, 0) is 20.6 Å². The molecule has 2 heterocycles. The van der Waals surface area contributed by atoms with Gasteiger partial charge < -0.3 is 5.32 Å². The molecule has 18 heavy (non-hydrogen) atoms. The number of anilines is 1. The van der Waals surface area contributed by atoms with E-state index in [1.165, 1.54) is 24.1 Å². The largest absolute Gasteiger partial charge is 0.366 e. The van der Waals surface area contributed by atoms with Gasteiger partial charge in [-0.25, -0.2) is 0 Å². The van der Waals surface area contributed by atoms with Gasteiger partial charge in [-0.15, -0.1) is 0 Å². The average Bonchev–Trinajstić information content (AvgIpc) is 3.02. The summed E-state index contributed by atoms with van der Waals surface area (Å²) in [6.45, 7) is 2.83. The maximum absolute atomic E-state index is 4.55. The standard InChI is InChI=1S/C13H19N5/c1-9-11(8-17(2)15-9)7-14-13-6-12(10-4-5-10)16-18(13)3/h6,8,10,14H,4-5,7H2,1-3H3. The molecule has 96 valence electrons. The fourth-order valence-corrected chi connectivity index (χ4v) is 2.24. The molecule has 1 aliphatic carbocycles. The highest BCUT2D eigenvalue weighted by Crippen LogP contribution is 2.39. The Balaban J connectivity index is 1.70. The van der Waals surface area contributed by atoms with Crippen molar-refractivity contribution in [2.45, 2.75) is 32.2 Å². The maximum atomic E-state index is 4.55. The van der Waals surface area contributed by atoms with Crippen molar-refractivity contribution in [2.75, 3.05) is 5.32 Å². The summed E-state index contributed by atoms with van der Waals surface area (Å²) in [4.78, 5) is 0. The fourth-order valence-electron chi connectivity index (χ4n) is 2.24. The number of aromatic nitrogens is 4. The van der Waals surface area contributed by atoms with E-state index in [1.54, 1.807) is 0 Å². The van der Waals surface area contributed by atoms with E-state index in [0.717, 1.165) is 18.1 Å². The summed E-state index contributed by atoms with van der Waals surface area (Å²) in [5.74, 6) is 1.78. The van der Waals surface area contributed by atoms with Crippen molar-refractivity contribution in [3.8, 4) is 0 Å². The Morgan fingerprint density at radius 1 is 1.33 bits per heavy atom. The van der Waals surface area contributed by atoms with E-state index in [4.69, 9.17) is 0 Å². The molecule has 5 nitrogen and oxygen atoms in total. The van der Waals surface area contributed by atoms with Crippen LogP contribution in [0.4, 0.5) is 5.82 Å². The lowest BCUT2D eigenvalue weighted by Gasteiger charge is -2.04. The second kappa shape index (κ2) is 4.15. The van der Waals surface area contributed by atoms with E-state index in [0.29, 0.717) is 5.92 Å². The van der Waals surface area contributed by atoms with Gasteiger partial charge in [-0.05, 0) is 19.8 Å². The highest BCUT2D eigenvalue weighted by molar-refractivity contribution is 5.40. The maximum Gasteiger partial charge on any atom is 0.124 e. The van der Waals surface area contributed by atoms with Crippen LogP contribution in [0.1, 0.15) is 35.7 Å². The van der Waals surface area contributed by atoms with Crippen molar-refractivity contribution in [1.82, 2.24) is 19.6 Å². The zero-order valence-corrected chi connectivity index (χ0v) is 11.1. The van der Waals surface area contributed by atoms with E-state index in [1.807, 2.05) is 30.4 Å². The van der Waals surface area contributed by atoms with Crippen LogP contribution in [-0.4, -0.2) is 19.6 Å². The Bertz CT molecular complexity index is 562. The molecule has 1 aliphatic rings. The highest BCUT2D eigenvalue weighted by Gasteiger charge is 2.26. The molecule has 0 amide bonds. The Hall–Kier alpha value is -1.78. The van der Waals surface area contributed by atoms with Crippen LogP contribution >= 0.6 is 0 Å². The monoisotopic (exact) mass is 245 g/mol. The van der Waals surface area contributed by atoms with Gasteiger partial charge in [0.05, 0.1) is 11.4 Å². The summed E-state index contributed by atoms with van der Waals surface area (Å²) in [5.41, 5.74) is 3.53. The smallest absolute Gasteiger partial charge is 0.124 e. The number of rotatable bonds is 4. The van der Waals surface area contributed by atoms with E-state index in [-0.39, 0.29) is 0 Å². The zero-order chi connectivity index (χ0) is 12.7. The molecule has 1 saturated carbocycles. The predicted octanol–water partition coefficient (Wildman–Crippen LogP) is 1.95. The van der Waals surface area contributed by atoms with Gasteiger partial charge in [0.25, 0.3) is 0 Å². The molecular weight excluding hydrogens is 226 g/mol. The quantitative estimate of drug-likeness (QED) is 0.895. The Kier molecular flexibility index (Phi) is 2.61. The molecule has 0 atom stereocenters. The van der Waals surface area contributed by atoms with Crippen LogP contribution in [0.25, 0.3) is 0 Å². The molecule has 0 aliphatic heterocycles. The van der Waals surface area contributed by atoms with E-state index >= 15 is 0 Å². The number of hydrogen-bond donors (Lipinski definition) is 1. The average molecular weight is 245 g/mol. The first-order chi connectivity index (χ1) is 8.63. The normalized spacial score (nSPS) is 15.1. The van der Waals surface area contributed by atoms with Crippen molar-refractivity contribution < 1.29 is 0 Å². The van der Waals surface area contributed by atoms with Gasteiger partial charge in [0.1, 0.15) is 5.82 Å². The van der Waals surface area contributed by atoms with Crippen LogP contribution in [0.15, 0.2) is 12.3 Å². The van der Waals surface area contributed by atoms with Gasteiger partial charge >= 0.3 is 0 Å². The van der Waals surface area contributed by atoms with Crippen molar-refractivity contribution in [1.29, 1.82) is 0 Å². The van der Waals surface area contributed by atoms with Gasteiger partial charge in [0.2, 0.25) is 0 Å². The van der Waals surface area contributed by atoms with Crippen molar-refractivity contribution in [2.24, 2.45) is 14.1 Å². The molecule has 1 fully saturated rings. The zero-order valence-electron chi connectivity index (χ0n) is 11.1. The lowest BCUT2D eigenvalue weighted by Crippen LogP contribution is -2.04. The lowest BCUT2D eigenvalue weighted by molar-refractivity contribution is 0.745. The molecular formula is C13H19N5. The van der Waals surface area contributed by atoms with Crippen molar-refractivity contribution in [3.05, 3.63) is 29.2 Å². The lowest BCUT2D eigenvalue weighted by atomic mass is 10.2. The van der Waals surface area contributed by atoms with Crippen LogP contribution in [0.3, 0.4) is 0 Å². The van der Waals surface area contributed by atoms with Crippen LogP contribution < -0.4 is 5.32 Å². The van der Waals surface area contributed by atoms with E-state index in [9.17, 15) is 0 Å². The summed E-state index contributed by atoms with van der Waals surface area (Å²) in [7, 11) is 3.94. The number of nitrogens with one attached hydrogen (secondary N) is 1. The Morgan fingerprint density at radius 3 is 2.72 bits per heavy atom. The van der Waals surface area contributed by atoms with Gasteiger partial charge in [-0.1, -0.05) is 0 Å². The first-order valence-corrected chi connectivity index (χ1v) is 6.40. The minimum absolute atomic E-state index is 0.701. The molecule has 0 unspecified atom stereocenters. The number of aryl methyl sites for hydroxylation is 3. The molecule has 0 radical (unpaired) electrons. The molecule has 0 spiro atoms. The third-order valence-electron chi connectivity index (χ3n) is 3.47. The summed E-state index contributed by atoms with van der Waals surface area (Å²) < 4.78 is 3.78. The predicted molar refractivity (Wildman–Crippen MR) is 70.5 cm³/mol. The molecule has 1 N–H and O–H groups in total. The third kappa shape index (κ3) is 2.12. The Morgan fingerprint density at radius 2 is 2.11 bits per heavy atom. The summed E-state index contributed by atoms with van der Waals surface area (Å²) in [5, 5.41) is 12.3. The van der Waals surface area contributed by atoms with Crippen LogP contribution in [0.2, 0.25) is 0 Å².